The fourth-order valence-corrected chi connectivity index (χ4v) is 4.39. The molecule has 1 aliphatic rings. The lowest BCUT2D eigenvalue weighted by molar-refractivity contribution is -0.162. The predicted molar refractivity (Wildman–Crippen MR) is 125 cm³/mol. The van der Waals surface area contributed by atoms with Gasteiger partial charge in [-0.2, -0.15) is 0 Å². The lowest BCUT2D eigenvalue weighted by Crippen LogP contribution is -2.60. The van der Waals surface area contributed by atoms with Gasteiger partial charge in [0, 0.05) is 24.6 Å². The van der Waals surface area contributed by atoms with Crippen LogP contribution < -0.4 is 11.1 Å². The Labute approximate surface area is 193 Å². The molecule has 0 aromatic carbocycles. The van der Waals surface area contributed by atoms with Gasteiger partial charge in [0.1, 0.15) is 12.3 Å². The minimum absolute atomic E-state index is 0.0669. The van der Waals surface area contributed by atoms with Gasteiger partial charge >= 0.3 is 0 Å². The minimum atomic E-state index is -1.35. The fourth-order valence-electron chi connectivity index (χ4n) is 4.39. The van der Waals surface area contributed by atoms with Crippen molar-refractivity contribution in [1.82, 2.24) is 10.2 Å². The molecule has 6 atom stereocenters. The van der Waals surface area contributed by atoms with E-state index in [4.69, 9.17) is 5.73 Å². The largest absolute Gasteiger partial charge is 0.396 e. The highest BCUT2D eigenvalue weighted by Crippen LogP contribution is 2.24. The van der Waals surface area contributed by atoms with E-state index in [2.05, 4.69) is 5.32 Å². The zero-order valence-corrected chi connectivity index (χ0v) is 20.7. The number of nitrogens with one attached hydrogen (secondary N) is 1. The van der Waals surface area contributed by atoms with Gasteiger partial charge in [0.15, 0.2) is 0 Å². The third-order valence-corrected chi connectivity index (χ3v) is 6.69. The number of hydrogen-bond acceptors (Lipinski definition) is 6. The van der Waals surface area contributed by atoms with E-state index in [1.807, 2.05) is 27.7 Å². The highest BCUT2D eigenvalue weighted by Gasteiger charge is 2.40. The standard InChI is InChI=1S/C24H47N3O5/c1-6-16(4)22(23(31)26-18-10-8-7-9-11-18)27(24(32)17(5)14-28)21(30)13-20(29)19(25)12-15(2)3/h15-20,22,24,28-29,32H,6-14,25H2,1-5H3,(H,26,31)/t16-,17?,19-,20-,22-,24?/m0/s1. The number of rotatable bonds is 13. The molecule has 0 radical (unpaired) electrons. The molecule has 2 amide bonds. The van der Waals surface area contributed by atoms with E-state index in [0.717, 1.165) is 32.1 Å². The molecule has 1 aliphatic carbocycles. The zero-order valence-electron chi connectivity index (χ0n) is 20.7. The zero-order chi connectivity index (χ0) is 24.4. The van der Waals surface area contributed by atoms with E-state index in [1.165, 1.54) is 4.90 Å². The Morgan fingerprint density at radius 1 is 1.06 bits per heavy atom. The van der Waals surface area contributed by atoms with Gasteiger partial charge in [0.25, 0.3) is 0 Å². The molecule has 8 nitrogen and oxygen atoms in total. The summed E-state index contributed by atoms with van der Waals surface area (Å²) in [6.45, 7) is 9.08. The monoisotopic (exact) mass is 457 g/mol. The van der Waals surface area contributed by atoms with E-state index in [9.17, 15) is 24.9 Å². The molecule has 6 N–H and O–H groups in total. The van der Waals surface area contributed by atoms with Gasteiger partial charge in [-0.15, -0.1) is 0 Å². The molecule has 2 unspecified atom stereocenters. The van der Waals surface area contributed by atoms with E-state index in [1.54, 1.807) is 6.92 Å². The van der Waals surface area contributed by atoms with Gasteiger partial charge in [-0.1, -0.05) is 60.3 Å². The molecule has 1 saturated carbocycles. The predicted octanol–water partition coefficient (Wildman–Crippen LogP) is 1.75. The van der Waals surface area contributed by atoms with Gasteiger partial charge in [-0.25, -0.2) is 0 Å². The second-order valence-corrected chi connectivity index (χ2v) is 10.1. The molecule has 1 fully saturated rings. The van der Waals surface area contributed by atoms with Gasteiger partial charge in [-0.3, -0.25) is 9.59 Å². The number of aliphatic hydroxyl groups is 3. The summed E-state index contributed by atoms with van der Waals surface area (Å²) in [6, 6.07) is -1.41. The average Bonchev–Trinajstić information content (AvgIpc) is 2.75. The van der Waals surface area contributed by atoms with Crippen LogP contribution in [0.4, 0.5) is 0 Å². The Morgan fingerprint density at radius 3 is 2.16 bits per heavy atom. The van der Waals surface area contributed by atoms with E-state index < -0.39 is 36.2 Å². The van der Waals surface area contributed by atoms with E-state index in [-0.39, 0.29) is 36.8 Å². The van der Waals surface area contributed by atoms with Crippen LogP contribution in [0.25, 0.3) is 0 Å². The number of nitrogens with two attached hydrogens (primary N) is 1. The van der Waals surface area contributed by atoms with Crippen molar-refractivity contribution in [3.05, 3.63) is 0 Å². The lowest BCUT2D eigenvalue weighted by atomic mass is 9.91. The first-order valence-electron chi connectivity index (χ1n) is 12.4. The summed E-state index contributed by atoms with van der Waals surface area (Å²) in [5.41, 5.74) is 6.07. The summed E-state index contributed by atoms with van der Waals surface area (Å²) in [5.74, 6) is -1.42. The number of nitrogens with zero attached hydrogens (tertiary/aromatic N) is 1. The van der Waals surface area contributed by atoms with Crippen LogP contribution in [0.1, 0.15) is 86.0 Å². The SMILES string of the molecule is CC[C@H](C)[C@@H](C(=O)NC1CCCCC1)N(C(=O)C[C@H](O)[C@@H](N)CC(C)C)C(O)C(C)CO. The first-order valence-corrected chi connectivity index (χ1v) is 12.4. The van der Waals surface area contributed by atoms with Crippen molar-refractivity contribution >= 4 is 11.8 Å². The van der Waals surface area contributed by atoms with Crippen LogP contribution >= 0.6 is 0 Å². The van der Waals surface area contributed by atoms with Crippen molar-refractivity contribution in [2.45, 2.75) is 116 Å². The fraction of sp³-hybridized carbons (Fsp3) is 0.917. The summed E-state index contributed by atoms with van der Waals surface area (Å²) in [4.78, 5) is 27.9. The number of aliphatic hydroxyl groups excluding tert-OH is 3. The maximum Gasteiger partial charge on any atom is 0.243 e. The highest BCUT2D eigenvalue weighted by molar-refractivity contribution is 5.88. The van der Waals surface area contributed by atoms with Crippen LogP contribution in [0, 0.1) is 17.8 Å². The topological polar surface area (TPSA) is 136 Å². The van der Waals surface area contributed by atoms with Gasteiger partial charge in [-0.05, 0) is 31.1 Å². The molecule has 0 bridgehead atoms. The molecule has 8 heteroatoms. The van der Waals surface area contributed by atoms with Crippen molar-refractivity contribution in [2.24, 2.45) is 23.5 Å². The van der Waals surface area contributed by atoms with Crippen LogP contribution in [-0.2, 0) is 9.59 Å². The summed E-state index contributed by atoms with van der Waals surface area (Å²) < 4.78 is 0. The molecule has 0 aliphatic heterocycles. The molecule has 1 rings (SSSR count). The first kappa shape index (κ1) is 28.8. The van der Waals surface area contributed by atoms with Crippen LogP contribution in [0.3, 0.4) is 0 Å². The summed E-state index contributed by atoms with van der Waals surface area (Å²) >= 11 is 0. The van der Waals surface area contributed by atoms with E-state index >= 15 is 0 Å². The lowest BCUT2D eigenvalue weighted by Gasteiger charge is -2.41. The van der Waals surface area contributed by atoms with Crippen LogP contribution in [-0.4, -0.2) is 69.1 Å². The van der Waals surface area contributed by atoms with E-state index in [0.29, 0.717) is 12.8 Å². The van der Waals surface area contributed by atoms with Crippen LogP contribution in [0.15, 0.2) is 0 Å². The molecular weight excluding hydrogens is 410 g/mol. The van der Waals surface area contributed by atoms with Crippen LogP contribution in [0.5, 0.6) is 0 Å². The van der Waals surface area contributed by atoms with Crippen LogP contribution in [0.2, 0.25) is 0 Å². The molecule has 0 aromatic heterocycles. The Hall–Kier alpha value is -1.22. The Bertz CT molecular complexity index is 568. The number of hydrogen-bond donors (Lipinski definition) is 5. The van der Waals surface area contributed by atoms with Gasteiger partial charge < -0.3 is 31.3 Å². The quantitative estimate of drug-likeness (QED) is 0.267. The number of carbonyl (C=O) groups is 2. The molecular formula is C24H47N3O5. The number of amides is 2. The second kappa shape index (κ2) is 14.1. The maximum absolute atomic E-state index is 13.4. The number of carbonyl (C=O) groups excluding carboxylic acids is 2. The maximum atomic E-state index is 13.4. The summed E-state index contributed by atoms with van der Waals surface area (Å²) in [5, 5.41) is 34.2. The average molecular weight is 458 g/mol. The smallest absolute Gasteiger partial charge is 0.243 e. The Morgan fingerprint density at radius 2 is 1.66 bits per heavy atom. The van der Waals surface area contributed by atoms with Crippen molar-refractivity contribution in [2.75, 3.05) is 6.61 Å². The highest BCUT2D eigenvalue weighted by atomic mass is 16.3. The Kier molecular flexibility index (Phi) is 12.7. The second-order valence-electron chi connectivity index (χ2n) is 10.1. The third-order valence-electron chi connectivity index (χ3n) is 6.69. The molecule has 0 heterocycles. The van der Waals surface area contributed by atoms with Crippen molar-refractivity contribution in [3.63, 3.8) is 0 Å². The van der Waals surface area contributed by atoms with Gasteiger partial charge in [0.2, 0.25) is 11.8 Å². The summed E-state index contributed by atoms with van der Waals surface area (Å²) in [7, 11) is 0. The minimum Gasteiger partial charge on any atom is -0.396 e. The normalized spacial score (nSPS) is 20.8. The molecule has 188 valence electrons. The summed E-state index contributed by atoms with van der Waals surface area (Å²) in [6.07, 6.45) is 3.57. The van der Waals surface area contributed by atoms with Gasteiger partial charge in [0.05, 0.1) is 12.5 Å². The molecule has 0 spiro atoms. The molecule has 0 saturated heterocycles. The van der Waals surface area contributed by atoms with Crippen molar-refractivity contribution in [3.8, 4) is 0 Å². The Balaban J connectivity index is 3.15. The third kappa shape index (κ3) is 8.61. The molecule has 32 heavy (non-hydrogen) atoms. The van der Waals surface area contributed by atoms with Crippen molar-refractivity contribution < 1.29 is 24.9 Å². The van der Waals surface area contributed by atoms with Crippen molar-refractivity contribution in [1.29, 1.82) is 0 Å². The first-order chi connectivity index (χ1) is 15.0. The molecule has 0 aromatic rings.